The maximum Gasteiger partial charge on any atom is 0.231 e. The molecule has 0 amide bonds. The van der Waals surface area contributed by atoms with Gasteiger partial charge in [-0.05, 0) is 30.7 Å². The third-order valence-corrected chi connectivity index (χ3v) is 2.48. The summed E-state index contributed by atoms with van der Waals surface area (Å²) in [6, 6.07) is 5.84. The molecule has 0 saturated carbocycles. The maximum absolute atomic E-state index is 5.52. The summed E-state index contributed by atoms with van der Waals surface area (Å²) in [5, 5.41) is 0. The van der Waals surface area contributed by atoms with Crippen LogP contribution in [-0.2, 0) is 4.74 Å². The first-order valence-corrected chi connectivity index (χ1v) is 4.97. The van der Waals surface area contributed by atoms with Gasteiger partial charge in [-0.25, -0.2) is 0 Å². The van der Waals surface area contributed by atoms with Crippen molar-refractivity contribution < 1.29 is 14.2 Å². The number of nitrogens with two attached hydrogens (primary N) is 1. The predicted molar refractivity (Wildman–Crippen MR) is 56.0 cm³/mol. The van der Waals surface area contributed by atoms with E-state index in [0.29, 0.717) is 13.3 Å². The SMILES string of the molecule is COC(CCN)c1ccc2c(c1)OCO2. The molecule has 2 rings (SSSR count). The minimum absolute atomic E-state index is 0.0319. The van der Waals surface area contributed by atoms with Gasteiger partial charge in [0.2, 0.25) is 6.79 Å². The molecule has 1 aromatic carbocycles. The number of rotatable bonds is 4. The Morgan fingerprint density at radius 1 is 1.40 bits per heavy atom. The van der Waals surface area contributed by atoms with Crippen molar-refractivity contribution >= 4 is 0 Å². The topological polar surface area (TPSA) is 53.7 Å². The second-order valence-corrected chi connectivity index (χ2v) is 3.41. The molecule has 0 fully saturated rings. The zero-order chi connectivity index (χ0) is 10.7. The van der Waals surface area contributed by atoms with Gasteiger partial charge in [0.05, 0.1) is 6.10 Å². The molecule has 0 radical (unpaired) electrons. The normalized spacial score (nSPS) is 15.3. The Kier molecular flexibility index (Phi) is 3.08. The standard InChI is InChI=1S/C11H15NO3/c1-13-9(4-5-12)8-2-3-10-11(6-8)15-7-14-10/h2-3,6,9H,4-5,7,12H2,1H3. The smallest absolute Gasteiger partial charge is 0.231 e. The van der Waals surface area contributed by atoms with E-state index in [1.54, 1.807) is 7.11 Å². The fourth-order valence-electron chi connectivity index (χ4n) is 1.69. The van der Waals surface area contributed by atoms with Crippen LogP contribution in [0.4, 0.5) is 0 Å². The van der Waals surface area contributed by atoms with Gasteiger partial charge in [0.1, 0.15) is 0 Å². The van der Waals surface area contributed by atoms with Crippen LogP contribution in [0.15, 0.2) is 18.2 Å². The molecule has 0 spiro atoms. The molecule has 4 heteroatoms. The van der Waals surface area contributed by atoms with Crippen LogP contribution >= 0.6 is 0 Å². The van der Waals surface area contributed by atoms with Gasteiger partial charge in [-0.3, -0.25) is 0 Å². The molecule has 0 bridgehead atoms. The van der Waals surface area contributed by atoms with Crippen LogP contribution in [0.3, 0.4) is 0 Å². The van der Waals surface area contributed by atoms with Crippen LogP contribution in [0.5, 0.6) is 11.5 Å². The van der Waals surface area contributed by atoms with Gasteiger partial charge in [-0.15, -0.1) is 0 Å². The summed E-state index contributed by atoms with van der Waals surface area (Å²) in [6.45, 7) is 0.903. The Balaban J connectivity index is 2.20. The van der Waals surface area contributed by atoms with E-state index in [1.807, 2.05) is 18.2 Å². The molecule has 2 N–H and O–H groups in total. The third kappa shape index (κ3) is 2.06. The van der Waals surface area contributed by atoms with Gasteiger partial charge in [0.25, 0.3) is 0 Å². The number of ether oxygens (including phenoxy) is 3. The van der Waals surface area contributed by atoms with E-state index in [4.69, 9.17) is 19.9 Å². The zero-order valence-corrected chi connectivity index (χ0v) is 8.73. The first kappa shape index (κ1) is 10.3. The lowest BCUT2D eigenvalue weighted by atomic mass is 10.1. The van der Waals surface area contributed by atoms with Gasteiger partial charge >= 0.3 is 0 Å². The summed E-state index contributed by atoms with van der Waals surface area (Å²) in [5.74, 6) is 1.58. The largest absolute Gasteiger partial charge is 0.454 e. The van der Waals surface area contributed by atoms with Crippen molar-refractivity contribution in [1.29, 1.82) is 0 Å². The average Bonchev–Trinajstić information content (AvgIpc) is 2.72. The average molecular weight is 209 g/mol. The minimum Gasteiger partial charge on any atom is -0.454 e. The Hall–Kier alpha value is -1.26. The molecular weight excluding hydrogens is 194 g/mol. The van der Waals surface area contributed by atoms with Crippen LogP contribution in [0.2, 0.25) is 0 Å². The second-order valence-electron chi connectivity index (χ2n) is 3.41. The molecule has 1 aliphatic rings. The summed E-state index contributed by atoms with van der Waals surface area (Å²) >= 11 is 0. The van der Waals surface area contributed by atoms with Gasteiger partial charge in [-0.2, -0.15) is 0 Å². The van der Waals surface area contributed by atoms with E-state index in [-0.39, 0.29) is 6.10 Å². The predicted octanol–water partition coefficient (Wildman–Crippen LogP) is 1.45. The lowest BCUT2D eigenvalue weighted by Gasteiger charge is -2.14. The Labute approximate surface area is 88.9 Å². The van der Waals surface area contributed by atoms with Crippen molar-refractivity contribution in [2.24, 2.45) is 5.73 Å². The highest BCUT2D eigenvalue weighted by molar-refractivity contribution is 5.45. The van der Waals surface area contributed by atoms with Gasteiger partial charge < -0.3 is 19.9 Å². The van der Waals surface area contributed by atoms with E-state index < -0.39 is 0 Å². The molecule has 0 aromatic heterocycles. The van der Waals surface area contributed by atoms with E-state index >= 15 is 0 Å². The summed E-state index contributed by atoms with van der Waals surface area (Å²) in [5.41, 5.74) is 6.60. The molecule has 4 nitrogen and oxygen atoms in total. The summed E-state index contributed by atoms with van der Waals surface area (Å²) in [7, 11) is 1.69. The van der Waals surface area contributed by atoms with Gasteiger partial charge in [0, 0.05) is 7.11 Å². The van der Waals surface area contributed by atoms with E-state index in [2.05, 4.69) is 0 Å². The summed E-state index contributed by atoms with van der Waals surface area (Å²) in [4.78, 5) is 0. The van der Waals surface area contributed by atoms with Crippen LogP contribution in [-0.4, -0.2) is 20.4 Å². The van der Waals surface area contributed by atoms with Crippen molar-refractivity contribution in [3.63, 3.8) is 0 Å². The number of fused-ring (bicyclic) bond motifs is 1. The number of hydrogen-bond donors (Lipinski definition) is 1. The van der Waals surface area contributed by atoms with Crippen LogP contribution in [0.25, 0.3) is 0 Å². The molecule has 1 aliphatic heterocycles. The molecule has 1 unspecified atom stereocenters. The van der Waals surface area contributed by atoms with Crippen molar-refractivity contribution in [2.45, 2.75) is 12.5 Å². The monoisotopic (exact) mass is 209 g/mol. The number of methoxy groups -OCH3 is 1. The Morgan fingerprint density at radius 2 is 2.20 bits per heavy atom. The van der Waals surface area contributed by atoms with Gasteiger partial charge in [-0.1, -0.05) is 6.07 Å². The number of benzene rings is 1. The van der Waals surface area contributed by atoms with E-state index in [1.165, 1.54) is 0 Å². The third-order valence-electron chi connectivity index (χ3n) is 2.48. The highest BCUT2D eigenvalue weighted by Gasteiger charge is 2.17. The second kappa shape index (κ2) is 4.51. The van der Waals surface area contributed by atoms with Crippen LogP contribution < -0.4 is 15.2 Å². The van der Waals surface area contributed by atoms with E-state index in [0.717, 1.165) is 23.5 Å². The van der Waals surface area contributed by atoms with Crippen molar-refractivity contribution in [1.82, 2.24) is 0 Å². The first-order valence-electron chi connectivity index (χ1n) is 4.97. The quantitative estimate of drug-likeness (QED) is 0.815. The van der Waals surface area contributed by atoms with Crippen molar-refractivity contribution in [3.8, 4) is 11.5 Å². The molecule has 1 atom stereocenters. The Bertz CT molecular complexity index is 341. The van der Waals surface area contributed by atoms with E-state index in [9.17, 15) is 0 Å². The highest BCUT2D eigenvalue weighted by atomic mass is 16.7. The molecule has 1 aromatic rings. The highest BCUT2D eigenvalue weighted by Crippen LogP contribution is 2.35. The Morgan fingerprint density at radius 3 is 2.93 bits per heavy atom. The van der Waals surface area contributed by atoms with Crippen molar-refractivity contribution in [3.05, 3.63) is 23.8 Å². The first-order chi connectivity index (χ1) is 7.35. The summed E-state index contributed by atoms with van der Waals surface area (Å²) in [6.07, 6.45) is 0.834. The zero-order valence-electron chi connectivity index (χ0n) is 8.73. The molecule has 0 saturated heterocycles. The lowest BCUT2D eigenvalue weighted by molar-refractivity contribution is 0.0975. The summed E-state index contributed by atoms with van der Waals surface area (Å²) < 4.78 is 15.9. The van der Waals surface area contributed by atoms with Crippen molar-refractivity contribution in [2.75, 3.05) is 20.4 Å². The number of hydrogen-bond acceptors (Lipinski definition) is 4. The molecule has 15 heavy (non-hydrogen) atoms. The van der Waals surface area contributed by atoms with Gasteiger partial charge in [0.15, 0.2) is 11.5 Å². The molecule has 82 valence electrons. The molecular formula is C11H15NO3. The fraction of sp³-hybridized carbons (Fsp3) is 0.455. The fourth-order valence-corrected chi connectivity index (χ4v) is 1.69. The molecule has 1 heterocycles. The maximum atomic E-state index is 5.52. The minimum atomic E-state index is 0.0319. The molecule has 0 aliphatic carbocycles. The lowest BCUT2D eigenvalue weighted by Crippen LogP contribution is -2.08. The van der Waals surface area contributed by atoms with Crippen LogP contribution in [0, 0.1) is 0 Å². The van der Waals surface area contributed by atoms with Crippen LogP contribution in [0.1, 0.15) is 18.1 Å².